The largest absolute Gasteiger partial charge is 0.280 e. The predicted octanol–water partition coefficient (Wildman–Crippen LogP) is 3.32. The molecular formula is C10H10BrClO. The number of hydrogen-bond donors (Lipinski definition) is 0. The molecule has 0 saturated carbocycles. The average molecular weight is 262 g/mol. The lowest BCUT2D eigenvalue weighted by molar-refractivity contribution is -0.111. The lowest BCUT2D eigenvalue weighted by Gasteiger charge is -2.14. The van der Waals surface area contributed by atoms with E-state index in [2.05, 4.69) is 15.9 Å². The Morgan fingerprint density at radius 2 is 1.92 bits per heavy atom. The normalized spacial score (nSPS) is 15.0. The minimum Gasteiger partial charge on any atom is -0.280 e. The lowest BCUT2D eigenvalue weighted by Crippen LogP contribution is -2.15. The van der Waals surface area contributed by atoms with E-state index in [-0.39, 0.29) is 16.0 Å². The average Bonchev–Trinajstić information content (AvgIpc) is 2.17. The van der Waals surface area contributed by atoms with Gasteiger partial charge in [-0.25, -0.2) is 0 Å². The molecule has 2 unspecified atom stereocenters. The molecular weight excluding hydrogens is 251 g/mol. The molecule has 0 radical (unpaired) electrons. The van der Waals surface area contributed by atoms with Gasteiger partial charge in [0.15, 0.2) is 0 Å². The second-order valence-corrected chi connectivity index (χ2v) is 4.26. The van der Waals surface area contributed by atoms with Gasteiger partial charge in [0.05, 0.1) is 4.83 Å². The first-order valence-electron chi connectivity index (χ1n) is 4.01. The monoisotopic (exact) mass is 260 g/mol. The summed E-state index contributed by atoms with van der Waals surface area (Å²) in [5, 5.41) is -0.351. The maximum absolute atomic E-state index is 10.9. The molecule has 0 aromatic heterocycles. The summed E-state index contributed by atoms with van der Waals surface area (Å²) in [6, 6.07) is 9.81. The molecule has 0 aliphatic heterocycles. The molecule has 70 valence electrons. The molecule has 1 nitrogen and oxygen atoms in total. The van der Waals surface area contributed by atoms with Crippen molar-refractivity contribution in [1.29, 1.82) is 0 Å². The molecule has 1 aromatic carbocycles. The number of halogens is 2. The first-order chi connectivity index (χ1) is 6.13. The maximum atomic E-state index is 10.9. The van der Waals surface area contributed by atoms with Gasteiger partial charge in [-0.2, -0.15) is 0 Å². The SMILES string of the molecule is CC(c1ccccc1)C(Br)C(=O)Cl. The molecule has 0 N–H and O–H groups in total. The van der Waals surface area contributed by atoms with Gasteiger partial charge >= 0.3 is 0 Å². The van der Waals surface area contributed by atoms with Crippen LogP contribution in [0.5, 0.6) is 0 Å². The molecule has 3 heteroatoms. The minimum absolute atomic E-state index is 0.103. The number of carbonyl (C=O) groups is 1. The number of rotatable bonds is 3. The third-order valence-electron chi connectivity index (χ3n) is 1.98. The highest BCUT2D eigenvalue weighted by molar-refractivity contribution is 9.10. The third-order valence-corrected chi connectivity index (χ3v) is 3.69. The van der Waals surface area contributed by atoms with Crippen LogP contribution >= 0.6 is 27.5 Å². The van der Waals surface area contributed by atoms with Gasteiger partial charge in [0.1, 0.15) is 0 Å². The quantitative estimate of drug-likeness (QED) is 0.602. The summed E-state index contributed by atoms with van der Waals surface area (Å²) in [6.45, 7) is 1.97. The predicted molar refractivity (Wildman–Crippen MR) is 58.4 cm³/mol. The molecule has 0 amide bonds. The standard InChI is InChI=1S/C10H10BrClO/c1-7(9(11)10(12)13)8-5-3-2-4-6-8/h2-7,9H,1H3. The Hall–Kier alpha value is -0.340. The van der Waals surface area contributed by atoms with Gasteiger partial charge in [0.2, 0.25) is 5.24 Å². The van der Waals surface area contributed by atoms with E-state index in [4.69, 9.17) is 11.6 Å². The Labute approximate surface area is 91.2 Å². The van der Waals surface area contributed by atoms with Gasteiger partial charge in [-0.3, -0.25) is 4.79 Å². The van der Waals surface area contributed by atoms with Gasteiger partial charge in [-0.1, -0.05) is 53.2 Å². The molecule has 0 aliphatic rings. The first-order valence-corrected chi connectivity index (χ1v) is 5.30. The molecule has 0 aliphatic carbocycles. The third kappa shape index (κ3) is 2.82. The topological polar surface area (TPSA) is 17.1 Å². The summed E-state index contributed by atoms with van der Waals surface area (Å²) < 4.78 is 0. The van der Waals surface area contributed by atoms with Crippen molar-refractivity contribution in [3.63, 3.8) is 0 Å². The fraction of sp³-hybridized carbons (Fsp3) is 0.300. The van der Waals surface area contributed by atoms with E-state index >= 15 is 0 Å². The summed E-state index contributed by atoms with van der Waals surface area (Å²) in [5.41, 5.74) is 1.11. The van der Waals surface area contributed by atoms with E-state index < -0.39 is 0 Å². The van der Waals surface area contributed by atoms with Crippen molar-refractivity contribution in [3.8, 4) is 0 Å². The van der Waals surface area contributed by atoms with Crippen LogP contribution in [0.25, 0.3) is 0 Å². The number of hydrogen-bond acceptors (Lipinski definition) is 1. The van der Waals surface area contributed by atoms with E-state index in [1.54, 1.807) is 0 Å². The van der Waals surface area contributed by atoms with Crippen LogP contribution in [0.15, 0.2) is 30.3 Å². The molecule has 0 heterocycles. The fourth-order valence-electron chi connectivity index (χ4n) is 1.12. The Morgan fingerprint density at radius 3 is 2.38 bits per heavy atom. The highest BCUT2D eigenvalue weighted by atomic mass is 79.9. The smallest absolute Gasteiger partial charge is 0.235 e. The van der Waals surface area contributed by atoms with E-state index in [0.717, 1.165) is 5.56 Å². The molecule has 0 saturated heterocycles. The molecule has 1 rings (SSSR count). The lowest BCUT2D eigenvalue weighted by atomic mass is 9.99. The van der Waals surface area contributed by atoms with Crippen LogP contribution in [0.2, 0.25) is 0 Å². The molecule has 2 atom stereocenters. The van der Waals surface area contributed by atoms with Gasteiger partial charge in [-0.05, 0) is 17.2 Å². The highest BCUT2D eigenvalue weighted by Gasteiger charge is 2.21. The van der Waals surface area contributed by atoms with Crippen LogP contribution in [0.4, 0.5) is 0 Å². The Balaban J connectivity index is 2.79. The van der Waals surface area contributed by atoms with Crippen molar-refractivity contribution in [1.82, 2.24) is 0 Å². The van der Waals surface area contributed by atoms with E-state index in [1.807, 2.05) is 37.3 Å². The Morgan fingerprint density at radius 1 is 1.38 bits per heavy atom. The Bertz CT molecular complexity index is 286. The zero-order valence-electron chi connectivity index (χ0n) is 7.21. The number of benzene rings is 1. The van der Waals surface area contributed by atoms with Crippen molar-refractivity contribution in [2.24, 2.45) is 0 Å². The van der Waals surface area contributed by atoms with Crippen LogP contribution in [0.3, 0.4) is 0 Å². The van der Waals surface area contributed by atoms with Crippen molar-refractivity contribution in [2.75, 3.05) is 0 Å². The fourth-order valence-corrected chi connectivity index (χ4v) is 1.62. The molecule has 0 bridgehead atoms. The molecule has 1 aromatic rings. The van der Waals surface area contributed by atoms with Crippen molar-refractivity contribution in [2.45, 2.75) is 17.7 Å². The van der Waals surface area contributed by atoms with Crippen molar-refractivity contribution < 1.29 is 4.79 Å². The Kier molecular flexibility index (Phi) is 3.94. The number of alkyl halides is 1. The van der Waals surface area contributed by atoms with E-state index in [0.29, 0.717) is 0 Å². The molecule has 0 fully saturated rings. The number of carbonyl (C=O) groups excluding carboxylic acids is 1. The van der Waals surface area contributed by atoms with E-state index in [1.165, 1.54) is 0 Å². The second-order valence-electron chi connectivity index (χ2n) is 2.91. The van der Waals surface area contributed by atoms with Crippen LogP contribution in [-0.4, -0.2) is 10.1 Å². The van der Waals surface area contributed by atoms with Gasteiger partial charge in [-0.15, -0.1) is 0 Å². The van der Waals surface area contributed by atoms with Gasteiger partial charge < -0.3 is 0 Å². The zero-order chi connectivity index (χ0) is 9.84. The summed E-state index contributed by atoms with van der Waals surface area (Å²) in [7, 11) is 0. The van der Waals surface area contributed by atoms with Crippen molar-refractivity contribution in [3.05, 3.63) is 35.9 Å². The molecule has 13 heavy (non-hydrogen) atoms. The van der Waals surface area contributed by atoms with Crippen LogP contribution in [0, 0.1) is 0 Å². The zero-order valence-corrected chi connectivity index (χ0v) is 9.55. The molecule has 0 spiro atoms. The maximum Gasteiger partial charge on any atom is 0.235 e. The summed E-state index contributed by atoms with van der Waals surface area (Å²) in [4.78, 5) is 10.6. The van der Waals surface area contributed by atoms with Crippen LogP contribution in [-0.2, 0) is 4.79 Å². The summed E-state index contributed by atoms with van der Waals surface area (Å²) >= 11 is 8.65. The van der Waals surface area contributed by atoms with Crippen molar-refractivity contribution >= 4 is 32.8 Å². The highest BCUT2D eigenvalue weighted by Crippen LogP contribution is 2.25. The summed E-state index contributed by atoms with van der Waals surface area (Å²) in [6.07, 6.45) is 0. The van der Waals surface area contributed by atoms with Crippen LogP contribution in [0.1, 0.15) is 18.4 Å². The van der Waals surface area contributed by atoms with Crippen LogP contribution < -0.4 is 0 Å². The second kappa shape index (κ2) is 4.77. The van der Waals surface area contributed by atoms with Gasteiger partial charge in [0, 0.05) is 5.92 Å². The first kappa shape index (κ1) is 10.7. The van der Waals surface area contributed by atoms with E-state index in [9.17, 15) is 4.79 Å². The minimum atomic E-state index is -0.351. The summed E-state index contributed by atoms with van der Waals surface area (Å²) in [5.74, 6) is 0.103. The van der Waals surface area contributed by atoms with Gasteiger partial charge in [0.25, 0.3) is 0 Å².